The molecule has 0 radical (unpaired) electrons. The molecule has 0 bridgehead atoms. The summed E-state index contributed by atoms with van der Waals surface area (Å²) in [4.78, 5) is 29.4. The highest BCUT2D eigenvalue weighted by atomic mass is 35.5. The van der Waals surface area contributed by atoms with Gasteiger partial charge in [0.2, 0.25) is 0 Å². The number of ether oxygens (including phenoxy) is 1. The molecule has 2 saturated heterocycles. The van der Waals surface area contributed by atoms with Crippen molar-refractivity contribution >= 4 is 23.6 Å². The van der Waals surface area contributed by atoms with E-state index in [0.29, 0.717) is 25.2 Å². The lowest BCUT2D eigenvalue weighted by atomic mass is 9.75. The number of hydrogen-bond acceptors (Lipinski definition) is 4. The van der Waals surface area contributed by atoms with Crippen LogP contribution in [-0.4, -0.2) is 59.1 Å². The van der Waals surface area contributed by atoms with Gasteiger partial charge in [-0.1, -0.05) is 37.6 Å². The zero-order valence-corrected chi connectivity index (χ0v) is 17.5. The monoisotopic (exact) mass is 415 g/mol. The third kappa shape index (κ3) is 3.08. The van der Waals surface area contributed by atoms with Crippen LogP contribution >= 0.6 is 11.6 Å². The average molecular weight is 416 g/mol. The van der Waals surface area contributed by atoms with E-state index >= 15 is 0 Å². The van der Waals surface area contributed by atoms with Gasteiger partial charge in [-0.05, 0) is 42.1 Å². The number of likely N-dealkylation sites (tertiary alicyclic amines) is 1. The normalized spacial score (nSPS) is 32.7. The molecule has 4 heterocycles. The lowest BCUT2D eigenvalue weighted by molar-refractivity contribution is -0.131. The largest absolute Gasteiger partial charge is 0.442 e. The molecule has 5 aliphatic rings. The summed E-state index contributed by atoms with van der Waals surface area (Å²) in [5, 5.41) is 3.08. The van der Waals surface area contributed by atoms with Crippen molar-refractivity contribution in [1.82, 2.24) is 15.1 Å². The summed E-state index contributed by atoms with van der Waals surface area (Å²) >= 11 is 6.20. The van der Waals surface area contributed by atoms with Crippen LogP contribution in [0.5, 0.6) is 0 Å². The van der Waals surface area contributed by atoms with Crippen molar-refractivity contribution in [1.29, 1.82) is 0 Å². The van der Waals surface area contributed by atoms with Gasteiger partial charge >= 0.3 is 6.09 Å². The van der Waals surface area contributed by atoms with Crippen molar-refractivity contribution in [2.45, 2.75) is 50.8 Å². The smallest absolute Gasteiger partial charge is 0.410 e. The molecule has 1 N–H and O–H groups in total. The number of hydrogen-bond donors (Lipinski definition) is 1. The van der Waals surface area contributed by atoms with Crippen LogP contribution in [0.4, 0.5) is 4.79 Å². The van der Waals surface area contributed by atoms with E-state index in [4.69, 9.17) is 16.3 Å². The first-order valence-electron chi connectivity index (χ1n) is 10.3. The second kappa shape index (κ2) is 6.66. The summed E-state index contributed by atoms with van der Waals surface area (Å²) in [5.74, 6) is -0.0366. The fourth-order valence-electron chi connectivity index (χ4n) is 5.22. The molecule has 0 spiro atoms. The Morgan fingerprint density at radius 2 is 2.17 bits per heavy atom. The summed E-state index contributed by atoms with van der Waals surface area (Å²) in [6.07, 6.45) is 10.3. The molecule has 0 aromatic heterocycles. The molecule has 2 amide bonds. The Kier molecular flexibility index (Phi) is 4.32. The Morgan fingerprint density at radius 3 is 3.00 bits per heavy atom. The molecule has 0 aromatic rings. The van der Waals surface area contributed by atoms with Crippen LogP contribution in [0.25, 0.3) is 0 Å². The molecule has 0 saturated carbocycles. The van der Waals surface area contributed by atoms with Crippen LogP contribution in [-0.2, 0) is 9.53 Å². The molecule has 7 heteroatoms. The third-order valence-electron chi connectivity index (χ3n) is 6.72. The van der Waals surface area contributed by atoms with Gasteiger partial charge in [0.1, 0.15) is 11.6 Å². The minimum atomic E-state index is -0.393. The van der Waals surface area contributed by atoms with E-state index in [1.165, 1.54) is 11.1 Å². The van der Waals surface area contributed by atoms with Gasteiger partial charge in [0.15, 0.2) is 0 Å². The third-order valence-corrected chi connectivity index (χ3v) is 6.97. The fraction of sp³-hybridized carbons (Fsp3) is 0.545. The second-order valence-corrected chi connectivity index (χ2v) is 9.64. The maximum Gasteiger partial charge on any atom is 0.410 e. The minimum Gasteiger partial charge on any atom is -0.442 e. The van der Waals surface area contributed by atoms with E-state index in [-0.39, 0.29) is 29.6 Å². The predicted molar refractivity (Wildman–Crippen MR) is 110 cm³/mol. The van der Waals surface area contributed by atoms with Crippen LogP contribution in [0.1, 0.15) is 33.1 Å². The number of fused-ring (bicyclic) bond motifs is 2. The van der Waals surface area contributed by atoms with Crippen LogP contribution in [0.15, 0.2) is 46.7 Å². The molecule has 0 aromatic carbocycles. The molecule has 154 valence electrons. The first-order valence-corrected chi connectivity index (χ1v) is 10.7. The summed E-state index contributed by atoms with van der Waals surface area (Å²) in [7, 11) is 0. The van der Waals surface area contributed by atoms with Gasteiger partial charge in [-0.3, -0.25) is 9.69 Å². The van der Waals surface area contributed by atoms with Crippen molar-refractivity contribution < 1.29 is 14.3 Å². The topological polar surface area (TPSA) is 61.9 Å². The van der Waals surface area contributed by atoms with Gasteiger partial charge < -0.3 is 15.0 Å². The molecular weight excluding hydrogens is 390 g/mol. The summed E-state index contributed by atoms with van der Waals surface area (Å²) in [5.41, 5.74) is 3.72. The molecular formula is C22H26ClN3O3. The number of dihydropyridines is 1. The van der Waals surface area contributed by atoms with E-state index < -0.39 is 5.50 Å². The van der Waals surface area contributed by atoms with Gasteiger partial charge in [0.05, 0.1) is 12.6 Å². The van der Waals surface area contributed by atoms with E-state index in [9.17, 15) is 9.59 Å². The van der Waals surface area contributed by atoms with Crippen LogP contribution in [0, 0.1) is 5.41 Å². The number of amides is 2. The number of allylic oxidation sites excluding steroid dienone is 2. The maximum absolute atomic E-state index is 13.2. The Bertz CT molecular complexity index is 901. The van der Waals surface area contributed by atoms with E-state index in [1.54, 1.807) is 6.08 Å². The first-order chi connectivity index (χ1) is 13.8. The Morgan fingerprint density at radius 1 is 1.34 bits per heavy atom. The molecule has 4 aliphatic heterocycles. The molecule has 2 unspecified atom stereocenters. The lowest BCUT2D eigenvalue weighted by Gasteiger charge is -2.44. The number of nitrogens with one attached hydrogen (secondary N) is 1. The fourth-order valence-corrected chi connectivity index (χ4v) is 5.41. The van der Waals surface area contributed by atoms with Gasteiger partial charge in [0, 0.05) is 30.3 Å². The van der Waals surface area contributed by atoms with E-state index in [2.05, 4.69) is 31.3 Å². The SMILES string of the molecule is CC1(C)CN(CC2OC(=O)N3CC4=C(C=CCC4)C[C@@H]23)C(=O)C2=CC(Cl)NC=C21. The van der Waals surface area contributed by atoms with Gasteiger partial charge in [-0.25, -0.2) is 4.79 Å². The van der Waals surface area contributed by atoms with E-state index in [1.807, 2.05) is 16.0 Å². The second-order valence-electron chi connectivity index (χ2n) is 9.17. The number of halogens is 1. The zero-order chi connectivity index (χ0) is 20.3. The number of rotatable bonds is 2. The van der Waals surface area contributed by atoms with Crippen LogP contribution in [0.2, 0.25) is 0 Å². The Hall–Kier alpha value is -2.21. The van der Waals surface area contributed by atoms with Crippen molar-refractivity contribution in [2.75, 3.05) is 19.6 Å². The lowest BCUT2D eigenvalue weighted by Crippen LogP contribution is -2.53. The van der Waals surface area contributed by atoms with Gasteiger partial charge in [-0.15, -0.1) is 0 Å². The highest BCUT2D eigenvalue weighted by Gasteiger charge is 2.48. The maximum atomic E-state index is 13.2. The molecule has 3 atom stereocenters. The summed E-state index contributed by atoms with van der Waals surface area (Å²) in [6.45, 7) is 5.89. The first kappa shape index (κ1) is 18.8. The van der Waals surface area contributed by atoms with E-state index in [0.717, 1.165) is 24.8 Å². The van der Waals surface area contributed by atoms with Crippen molar-refractivity contribution in [2.24, 2.45) is 5.41 Å². The van der Waals surface area contributed by atoms with Crippen molar-refractivity contribution in [3.05, 3.63) is 46.7 Å². The summed E-state index contributed by atoms with van der Waals surface area (Å²) < 4.78 is 5.76. The number of alkyl halides is 1. The van der Waals surface area contributed by atoms with Crippen molar-refractivity contribution in [3.8, 4) is 0 Å². The zero-order valence-electron chi connectivity index (χ0n) is 16.8. The highest BCUT2D eigenvalue weighted by molar-refractivity contribution is 6.22. The predicted octanol–water partition coefficient (Wildman–Crippen LogP) is 3.07. The number of cyclic esters (lactones) is 1. The number of nitrogens with zero attached hydrogens (tertiary/aromatic N) is 2. The van der Waals surface area contributed by atoms with Crippen LogP contribution < -0.4 is 5.32 Å². The number of piperidine rings is 1. The van der Waals surface area contributed by atoms with Gasteiger partial charge in [0.25, 0.3) is 5.91 Å². The highest BCUT2D eigenvalue weighted by Crippen LogP contribution is 2.41. The average Bonchev–Trinajstić information content (AvgIpc) is 2.98. The number of carbonyl (C=O) groups excluding carboxylic acids is 2. The molecule has 29 heavy (non-hydrogen) atoms. The molecule has 2 fully saturated rings. The number of carbonyl (C=O) groups is 2. The van der Waals surface area contributed by atoms with Gasteiger partial charge in [-0.2, -0.15) is 0 Å². The Labute approximate surface area is 175 Å². The minimum absolute atomic E-state index is 0.0142. The van der Waals surface area contributed by atoms with Crippen molar-refractivity contribution in [3.63, 3.8) is 0 Å². The molecule has 1 aliphatic carbocycles. The molecule has 5 rings (SSSR count). The molecule has 6 nitrogen and oxygen atoms in total. The Balaban J connectivity index is 1.38. The quantitative estimate of drug-likeness (QED) is 0.556. The summed E-state index contributed by atoms with van der Waals surface area (Å²) in [6, 6.07) is -0.0142. The standard InChI is InChI=1S/C22H26ClN3O3/c1-22(2)12-25(20(27)15-8-19(23)24-9-16(15)22)11-18-17-7-13-5-3-4-6-14(13)10-26(17)21(28)29-18/h3,5,8-9,17-19,24H,4,6-7,10-12H2,1-2H3/t17-,18?,19?/m0/s1. The van der Waals surface area contributed by atoms with Crippen LogP contribution in [0.3, 0.4) is 0 Å².